The fourth-order valence-electron chi connectivity index (χ4n) is 3.01. The number of thiophene rings is 1. The Hall–Kier alpha value is -2.19. The van der Waals surface area contributed by atoms with Gasteiger partial charge in [0.15, 0.2) is 0 Å². The monoisotopic (exact) mass is 462 g/mol. The van der Waals surface area contributed by atoms with Crippen LogP contribution >= 0.6 is 22.9 Å². The second kappa shape index (κ2) is 9.75. The molecule has 0 aliphatic rings. The van der Waals surface area contributed by atoms with E-state index < -0.39 is 10.0 Å². The summed E-state index contributed by atoms with van der Waals surface area (Å²) in [5.41, 5.74) is 1.41. The van der Waals surface area contributed by atoms with Crippen molar-refractivity contribution in [1.82, 2.24) is 10.0 Å². The number of benzene rings is 2. The smallest absolute Gasteiger partial charge is 0.244 e. The van der Waals surface area contributed by atoms with Crippen molar-refractivity contribution in [2.45, 2.75) is 32.2 Å². The number of hydrogen-bond donors (Lipinski definition) is 2. The molecule has 30 heavy (non-hydrogen) atoms. The summed E-state index contributed by atoms with van der Waals surface area (Å²) >= 11 is 7.92. The van der Waals surface area contributed by atoms with E-state index in [9.17, 15) is 13.2 Å². The molecule has 0 spiro atoms. The van der Waals surface area contributed by atoms with Crippen LogP contribution in [0, 0.1) is 0 Å². The Morgan fingerprint density at radius 1 is 1.10 bits per heavy atom. The lowest BCUT2D eigenvalue weighted by molar-refractivity contribution is -0.116. The Bertz CT molecular complexity index is 1180. The van der Waals surface area contributed by atoms with Gasteiger partial charge in [0.2, 0.25) is 15.9 Å². The van der Waals surface area contributed by atoms with E-state index in [1.807, 2.05) is 36.4 Å². The molecule has 0 saturated heterocycles. The molecule has 0 atom stereocenters. The maximum atomic E-state index is 12.3. The van der Waals surface area contributed by atoms with E-state index in [0.29, 0.717) is 10.6 Å². The van der Waals surface area contributed by atoms with Gasteiger partial charge in [-0.25, -0.2) is 13.1 Å². The highest BCUT2D eigenvalue weighted by Gasteiger charge is 2.15. The van der Waals surface area contributed by atoms with E-state index in [0.717, 1.165) is 20.5 Å². The zero-order valence-corrected chi connectivity index (χ0v) is 19.1. The first-order valence-corrected chi connectivity index (χ1v) is 12.3. The first-order chi connectivity index (χ1) is 14.2. The predicted molar refractivity (Wildman–Crippen MR) is 125 cm³/mol. The lowest BCUT2D eigenvalue weighted by Crippen LogP contribution is -2.31. The standard InChI is InChI=1S/C22H23ClN2O3S2/c1-15(2)25-30(27,28)14-17-8-4-3-7-16(17)13-24-21(26)12-11-20-22(23)18-9-5-6-10-19(18)29-20/h3-12,15,25H,13-14H2,1-2H3,(H,24,26)/b12-11+. The number of carbonyl (C=O) groups is 1. The average molecular weight is 463 g/mol. The molecule has 0 radical (unpaired) electrons. The van der Waals surface area contributed by atoms with E-state index in [-0.39, 0.29) is 24.2 Å². The average Bonchev–Trinajstić information content (AvgIpc) is 3.00. The lowest BCUT2D eigenvalue weighted by Gasteiger charge is -2.13. The molecule has 3 aromatic rings. The summed E-state index contributed by atoms with van der Waals surface area (Å²) in [5.74, 6) is -0.411. The minimum atomic E-state index is -3.45. The molecule has 0 bridgehead atoms. The summed E-state index contributed by atoms with van der Waals surface area (Å²) in [6, 6.07) is 14.8. The van der Waals surface area contributed by atoms with Crippen molar-refractivity contribution in [3.63, 3.8) is 0 Å². The summed E-state index contributed by atoms with van der Waals surface area (Å²) in [5, 5.41) is 4.41. The first kappa shape index (κ1) is 22.5. The van der Waals surface area contributed by atoms with Gasteiger partial charge in [0.25, 0.3) is 0 Å². The van der Waals surface area contributed by atoms with Crippen LogP contribution in [0.4, 0.5) is 0 Å². The van der Waals surface area contributed by atoms with Crippen LogP contribution in [0.5, 0.6) is 0 Å². The maximum absolute atomic E-state index is 12.3. The molecule has 3 rings (SSSR count). The molecule has 8 heteroatoms. The van der Waals surface area contributed by atoms with Crippen LogP contribution in [0.25, 0.3) is 16.2 Å². The van der Waals surface area contributed by atoms with Gasteiger partial charge >= 0.3 is 0 Å². The van der Waals surface area contributed by atoms with Crippen LogP contribution in [0.1, 0.15) is 29.9 Å². The second-order valence-corrected chi connectivity index (χ2v) is 10.3. The molecule has 2 aromatic carbocycles. The van der Waals surface area contributed by atoms with Gasteiger partial charge in [-0.15, -0.1) is 11.3 Å². The van der Waals surface area contributed by atoms with Crippen LogP contribution in [-0.2, 0) is 27.1 Å². The lowest BCUT2D eigenvalue weighted by atomic mass is 10.1. The number of halogens is 1. The van der Waals surface area contributed by atoms with Gasteiger partial charge in [0, 0.05) is 33.6 Å². The molecule has 0 aliphatic heterocycles. The van der Waals surface area contributed by atoms with E-state index in [2.05, 4.69) is 10.0 Å². The molecule has 2 N–H and O–H groups in total. The number of rotatable bonds is 8. The van der Waals surface area contributed by atoms with E-state index in [1.165, 1.54) is 17.4 Å². The van der Waals surface area contributed by atoms with E-state index in [1.54, 1.807) is 32.1 Å². The largest absolute Gasteiger partial charge is 0.348 e. The Kier molecular flexibility index (Phi) is 7.31. The Labute approximate surface area is 185 Å². The van der Waals surface area contributed by atoms with Crippen LogP contribution in [-0.4, -0.2) is 20.4 Å². The minimum Gasteiger partial charge on any atom is -0.348 e. The second-order valence-electron chi connectivity index (χ2n) is 7.13. The molecule has 0 aliphatic carbocycles. The van der Waals surface area contributed by atoms with Gasteiger partial charge in [-0.05, 0) is 37.1 Å². The van der Waals surface area contributed by atoms with Crippen LogP contribution < -0.4 is 10.0 Å². The van der Waals surface area contributed by atoms with Gasteiger partial charge in [0.05, 0.1) is 10.8 Å². The minimum absolute atomic E-state index is 0.134. The SMILES string of the molecule is CC(C)NS(=O)(=O)Cc1ccccc1CNC(=O)/C=C/c1sc2ccccc2c1Cl. The molecular formula is C22H23ClN2O3S2. The summed E-state index contributed by atoms with van der Waals surface area (Å²) in [7, 11) is -3.45. The highest BCUT2D eigenvalue weighted by molar-refractivity contribution is 7.88. The van der Waals surface area contributed by atoms with Crippen LogP contribution in [0.3, 0.4) is 0 Å². The molecule has 0 saturated carbocycles. The fourth-order valence-corrected chi connectivity index (χ4v) is 5.90. The van der Waals surface area contributed by atoms with Crippen molar-refractivity contribution in [2.75, 3.05) is 0 Å². The molecular weight excluding hydrogens is 440 g/mol. The van der Waals surface area contributed by atoms with Crippen LogP contribution in [0.15, 0.2) is 54.6 Å². The van der Waals surface area contributed by atoms with E-state index in [4.69, 9.17) is 11.6 Å². The van der Waals surface area contributed by atoms with Crippen molar-refractivity contribution >= 4 is 55.0 Å². The Morgan fingerprint density at radius 3 is 2.47 bits per heavy atom. The third kappa shape index (κ3) is 5.92. The normalized spacial score (nSPS) is 12.1. The third-order valence-corrected chi connectivity index (χ3v) is 7.45. The highest BCUT2D eigenvalue weighted by atomic mass is 35.5. The Morgan fingerprint density at radius 2 is 1.77 bits per heavy atom. The van der Waals surface area contributed by atoms with Crippen molar-refractivity contribution in [3.8, 4) is 0 Å². The van der Waals surface area contributed by atoms with Gasteiger partial charge in [-0.1, -0.05) is 54.1 Å². The molecule has 0 unspecified atom stereocenters. The van der Waals surface area contributed by atoms with Gasteiger partial charge in [-0.3, -0.25) is 4.79 Å². The quantitative estimate of drug-likeness (QED) is 0.476. The summed E-state index contributed by atoms with van der Waals surface area (Å²) in [4.78, 5) is 13.1. The first-order valence-electron chi connectivity index (χ1n) is 9.45. The van der Waals surface area contributed by atoms with Gasteiger partial charge in [0.1, 0.15) is 0 Å². The molecule has 1 aromatic heterocycles. The maximum Gasteiger partial charge on any atom is 0.244 e. The van der Waals surface area contributed by atoms with E-state index >= 15 is 0 Å². The number of sulfonamides is 1. The zero-order valence-electron chi connectivity index (χ0n) is 16.7. The highest BCUT2D eigenvalue weighted by Crippen LogP contribution is 2.35. The molecule has 5 nitrogen and oxygen atoms in total. The summed E-state index contributed by atoms with van der Waals surface area (Å²) < 4.78 is 28.1. The number of nitrogens with one attached hydrogen (secondary N) is 2. The third-order valence-electron chi connectivity index (χ3n) is 4.28. The van der Waals surface area contributed by atoms with Crippen molar-refractivity contribution < 1.29 is 13.2 Å². The fraction of sp³-hybridized carbons (Fsp3) is 0.227. The predicted octanol–water partition coefficient (Wildman–Crippen LogP) is 4.71. The Balaban J connectivity index is 1.66. The zero-order chi connectivity index (χ0) is 21.7. The van der Waals surface area contributed by atoms with Gasteiger partial charge < -0.3 is 5.32 Å². The van der Waals surface area contributed by atoms with Crippen molar-refractivity contribution in [2.24, 2.45) is 0 Å². The number of hydrogen-bond acceptors (Lipinski definition) is 4. The molecule has 1 heterocycles. The molecule has 1 amide bonds. The summed E-state index contributed by atoms with van der Waals surface area (Å²) in [6.45, 7) is 3.79. The van der Waals surface area contributed by atoms with Gasteiger partial charge in [-0.2, -0.15) is 0 Å². The van der Waals surface area contributed by atoms with Crippen molar-refractivity contribution in [1.29, 1.82) is 0 Å². The molecule has 0 fully saturated rings. The number of fused-ring (bicyclic) bond motifs is 1. The topological polar surface area (TPSA) is 75.3 Å². The summed E-state index contributed by atoms with van der Waals surface area (Å²) in [6.07, 6.45) is 3.14. The molecule has 158 valence electrons. The number of amides is 1. The van der Waals surface area contributed by atoms with Crippen molar-refractivity contribution in [3.05, 3.63) is 75.6 Å². The number of carbonyl (C=O) groups excluding carboxylic acids is 1. The van der Waals surface area contributed by atoms with Crippen LogP contribution in [0.2, 0.25) is 5.02 Å².